The summed E-state index contributed by atoms with van der Waals surface area (Å²) in [7, 11) is 0. The summed E-state index contributed by atoms with van der Waals surface area (Å²) in [5, 5.41) is 2.79. The molecular weight excluding hydrogens is 469 g/mol. The maximum absolute atomic E-state index is 13.0. The molecule has 8 nitrogen and oxygen atoms in total. The van der Waals surface area contributed by atoms with Gasteiger partial charge in [0, 0.05) is 31.2 Å². The highest BCUT2D eigenvalue weighted by Crippen LogP contribution is 2.60. The van der Waals surface area contributed by atoms with Crippen LogP contribution in [0, 0.1) is 29.5 Å². The van der Waals surface area contributed by atoms with E-state index in [2.05, 4.69) is 12.2 Å². The first-order valence-electron chi connectivity index (χ1n) is 13.1. The lowest BCUT2D eigenvalue weighted by Crippen LogP contribution is -2.70. The van der Waals surface area contributed by atoms with Gasteiger partial charge in [0.25, 0.3) is 0 Å². The number of fused-ring (bicyclic) bond motifs is 2. The lowest BCUT2D eigenvalue weighted by molar-refractivity contribution is -0.576. The maximum Gasteiger partial charge on any atom is 0.308 e. The lowest BCUT2D eigenvalue weighted by Gasteiger charge is -2.59. The Morgan fingerprint density at radius 3 is 2.64 bits per heavy atom. The van der Waals surface area contributed by atoms with E-state index in [9.17, 15) is 14.0 Å². The summed E-state index contributed by atoms with van der Waals surface area (Å²) in [6, 6.07) is 6.15. The number of hydrogen-bond donors (Lipinski definition) is 1. The fraction of sp³-hybridized carbons (Fsp3) is 0.704. The van der Waals surface area contributed by atoms with Crippen LogP contribution in [0.5, 0.6) is 0 Å². The number of hydrogen-bond acceptors (Lipinski definition) is 7. The third-order valence-electron chi connectivity index (χ3n) is 8.55. The first-order valence-corrected chi connectivity index (χ1v) is 13.1. The molecule has 1 spiro atoms. The quantitative estimate of drug-likeness (QED) is 0.442. The van der Waals surface area contributed by atoms with Crippen molar-refractivity contribution in [3.05, 3.63) is 35.6 Å². The second kappa shape index (κ2) is 10.0. The van der Waals surface area contributed by atoms with Crippen molar-refractivity contribution >= 4 is 11.9 Å². The molecule has 1 aromatic rings. The largest absolute Gasteiger partial charge is 0.435 e. The maximum atomic E-state index is 13.0. The van der Waals surface area contributed by atoms with Gasteiger partial charge in [-0.15, -0.1) is 0 Å². The predicted octanol–water partition coefficient (Wildman–Crippen LogP) is 4.02. The summed E-state index contributed by atoms with van der Waals surface area (Å²) >= 11 is 0. The van der Waals surface area contributed by atoms with E-state index >= 15 is 0 Å². The van der Waals surface area contributed by atoms with Crippen molar-refractivity contribution in [1.29, 1.82) is 0 Å². The zero-order valence-electron chi connectivity index (χ0n) is 21.2. The van der Waals surface area contributed by atoms with Crippen molar-refractivity contribution < 1.29 is 38.0 Å². The number of carbonyl (C=O) groups excluding carboxylic acids is 2. The molecule has 36 heavy (non-hydrogen) atoms. The number of amides is 1. The molecule has 2 bridgehead atoms. The number of halogens is 1. The van der Waals surface area contributed by atoms with Gasteiger partial charge in [0.1, 0.15) is 5.82 Å². The molecule has 1 N–H and O–H groups in total. The van der Waals surface area contributed by atoms with Crippen molar-refractivity contribution in [1.82, 2.24) is 5.32 Å². The van der Waals surface area contributed by atoms with E-state index < -0.39 is 29.9 Å². The molecule has 1 aliphatic carbocycles. The zero-order chi connectivity index (χ0) is 25.5. The molecule has 4 heterocycles. The van der Waals surface area contributed by atoms with Crippen LogP contribution in [0.15, 0.2) is 24.3 Å². The van der Waals surface area contributed by atoms with Crippen LogP contribution in [-0.2, 0) is 40.0 Å². The van der Waals surface area contributed by atoms with E-state index in [1.54, 1.807) is 12.1 Å². The van der Waals surface area contributed by atoms with Gasteiger partial charge in [-0.25, -0.2) is 14.2 Å². The molecule has 5 aliphatic rings. The first kappa shape index (κ1) is 25.6. The van der Waals surface area contributed by atoms with Gasteiger partial charge in [0.2, 0.25) is 18.0 Å². The first-order chi connectivity index (χ1) is 17.2. The fourth-order valence-corrected chi connectivity index (χ4v) is 6.50. The van der Waals surface area contributed by atoms with Crippen molar-refractivity contribution in [2.75, 3.05) is 6.54 Å². The number of esters is 1. The van der Waals surface area contributed by atoms with E-state index in [0.717, 1.165) is 24.8 Å². The van der Waals surface area contributed by atoms with Crippen LogP contribution in [-0.4, -0.2) is 42.4 Å². The monoisotopic (exact) mass is 505 g/mol. The molecule has 1 amide bonds. The van der Waals surface area contributed by atoms with Crippen molar-refractivity contribution in [2.45, 2.75) is 89.7 Å². The van der Waals surface area contributed by atoms with Gasteiger partial charge in [-0.05, 0) is 62.1 Å². The SMILES string of the molecule is C[C@H]1[C@H](OC(=O)CCC(=O)NCCc2ccc(F)cc2)O[C@@H]2O[C@]3(C)CC[C@H]4[C@H](C)CC[C@@H]1C24OO3. The molecule has 1 unspecified atom stereocenters. The topological polar surface area (TPSA) is 92.3 Å². The minimum absolute atomic E-state index is 0.0191. The van der Waals surface area contributed by atoms with Gasteiger partial charge in [0.15, 0.2) is 11.9 Å². The predicted molar refractivity (Wildman–Crippen MR) is 125 cm³/mol. The van der Waals surface area contributed by atoms with Gasteiger partial charge in [-0.2, -0.15) is 0 Å². The van der Waals surface area contributed by atoms with Crippen LogP contribution >= 0.6 is 0 Å². The molecular formula is C27H36FNO7. The summed E-state index contributed by atoms with van der Waals surface area (Å²) in [6.45, 7) is 6.53. The Hall–Kier alpha value is -2.07. The Labute approximate surface area is 211 Å². The number of ether oxygens (including phenoxy) is 3. The van der Waals surface area contributed by atoms with Gasteiger partial charge in [-0.3, -0.25) is 9.59 Å². The van der Waals surface area contributed by atoms with E-state index in [1.807, 2.05) is 13.8 Å². The summed E-state index contributed by atoms with van der Waals surface area (Å²) in [5.74, 6) is -1.27. The molecule has 4 aliphatic heterocycles. The Morgan fingerprint density at radius 1 is 1.08 bits per heavy atom. The van der Waals surface area contributed by atoms with Crippen molar-refractivity contribution in [3.63, 3.8) is 0 Å². The minimum atomic E-state index is -0.890. The van der Waals surface area contributed by atoms with Gasteiger partial charge >= 0.3 is 5.97 Å². The summed E-state index contributed by atoms with van der Waals surface area (Å²) < 4.78 is 31.3. The third-order valence-corrected chi connectivity index (χ3v) is 8.55. The standard InChI is InChI=1S/C27H36FNO7/c1-16-4-9-21-17(2)24(33-25-27(21)20(16)12-14-26(3,34-25)35-36-27)32-23(31)11-10-22(30)29-15-13-18-5-7-19(28)8-6-18/h5-8,16-17,20-21,24-25H,4,9-15H2,1-3H3,(H,29,30)/t16-,17-,20+,21+,24-,25-,26+,27?/m1/s1. The van der Waals surface area contributed by atoms with Crippen LogP contribution in [0.3, 0.4) is 0 Å². The normalized spacial score (nSPS) is 39.1. The number of rotatable bonds is 7. The molecule has 198 valence electrons. The van der Waals surface area contributed by atoms with Crippen LogP contribution in [0.1, 0.15) is 64.9 Å². The van der Waals surface area contributed by atoms with E-state index in [-0.39, 0.29) is 42.3 Å². The Morgan fingerprint density at radius 2 is 1.86 bits per heavy atom. The van der Waals surface area contributed by atoms with Gasteiger partial charge in [0.05, 0.1) is 6.42 Å². The summed E-state index contributed by atoms with van der Waals surface area (Å²) in [4.78, 5) is 36.8. The highest BCUT2D eigenvalue weighted by molar-refractivity contribution is 5.81. The molecule has 0 aromatic heterocycles. The van der Waals surface area contributed by atoms with Gasteiger partial charge < -0.3 is 19.5 Å². The Balaban J connectivity index is 1.15. The molecule has 0 radical (unpaired) electrons. The second-order valence-electron chi connectivity index (χ2n) is 11.0. The van der Waals surface area contributed by atoms with E-state index in [4.69, 9.17) is 24.0 Å². The van der Waals surface area contributed by atoms with E-state index in [0.29, 0.717) is 25.3 Å². The van der Waals surface area contributed by atoms with Crippen LogP contribution in [0.2, 0.25) is 0 Å². The molecule has 1 aromatic carbocycles. The smallest absolute Gasteiger partial charge is 0.308 e. The van der Waals surface area contributed by atoms with Crippen LogP contribution < -0.4 is 5.32 Å². The summed E-state index contributed by atoms with van der Waals surface area (Å²) in [6.07, 6.45) is 2.71. The molecule has 4 saturated heterocycles. The highest BCUT2D eigenvalue weighted by Gasteiger charge is 2.69. The molecule has 9 heteroatoms. The minimum Gasteiger partial charge on any atom is -0.435 e. The second-order valence-corrected chi connectivity index (χ2v) is 11.0. The van der Waals surface area contributed by atoms with Gasteiger partial charge in [-0.1, -0.05) is 26.0 Å². The van der Waals surface area contributed by atoms with E-state index in [1.165, 1.54) is 12.1 Å². The lowest BCUT2D eigenvalue weighted by atomic mass is 9.58. The average Bonchev–Trinajstić information content (AvgIpc) is 3.08. The molecule has 1 saturated carbocycles. The average molecular weight is 506 g/mol. The Kier molecular flexibility index (Phi) is 7.11. The van der Waals surface area contributed by atoms with Crippen molar-refractivity contribution in [3.8, 4) is 0 Å². The molecule has 6 rings (SSSR count). The highest BCUT2D eigenvalue weighted by atomic mass is 19.1. The molecule has 8 atom stereocenters. The number of carbonyl (C=O) groups is 2. The fourth-order valence-electron chi connectivity index (χ4n) is 6.50. The molecule has 5 fully saturated rings. The number of benzene rings is 1. The summed E-state index contributed by atoms with van der Waals surface area (Å²) in [5.41, 5.74) is 0.217. The van der Waals surface area contributed by atoms with Crippen molar-refractivity contribution in [2.24, 2.45) is 23.7 Å². The van der Waals surface area contributed by atoms with Crippen LogP contribution in [0.25, 0.3) is 0 Å². The zero-order valence-corrected chi connectivity index (χ0v) is 21.2. The third kappa shape index (κ3) is 4.78. The Bertz CT molecular complexity index is 973. The van der Waals surface area contributed by atoms with Crippen LogP contribution in [0.4, 0.5) is 4.39 Å². The number of nitrogens with one attached hydrogen (secondary N) is 1.